The summed E-state index contributed by atoms with van der Waals surface area (Å²) in [6.45, 7) is 4.43. The summed E-state index contributed by atoms with van der Waals surface area (Å²) in [5.74, 6) is 2.53. The molecule has 0 aliphatic carbocycles. The molecule has 1 aliphatic heterocycles. The second-order valence-electron chi connectivity index (χ2n) is 7.98. The zero-order chi connectivity index (χ0) is 21.9. The lowest BCUT2D eigenvalue weighted by Gasteiger charge is -2.34. The van der Waals surface area contributed by atoms with Crippen molar-refractivity contribution in [1.29, 1.82) is 0 Å². The Bertz CT molecular complexity index is 1210. The van der Waals surface area contributed by atoms with Gasteiger partial charge in [0.25, 0.3) is 5.89 Å². The monoisotopic (exact) mass is 520 g/mol. The number of halogens is 2. The summed E-state index contributed by atoms with van der Waals surface area (Å²) < 4.78 is 16.6. The number of fused-ring (bicyclic) bond motifs is 1. The van der Waals surface area contributed by atoms with Crippen molar-refractivity contribution in [3.8, 4) is 23.0 Å². The maximum absolute atomic E-state index is 6.01. The highest BCUT2D eigenvalue weighted by Gasteiger charge is 2.17. The molecule has 8 nitrogen and oxygen atoms in total. The molecule has 3 aromatic carbocycles. The van der Waals surface area contributed by atoms with Crippen LogP contribution < -0.4 is 14.4 Å². The summed E-state index contributed by atoms with van der Waals surface area (Å²) in [6, 6.07) is 20.1. The normalized spacial score (nSPS) is 13.4. The van der Waals surface area contributed by atoms with Crippen LogP contribution in [0.1, 0.15) is 5.82 Å². The number of benzene rings is 3. The molecule has 1 aliphatic rings. The molecule has 2 heterocycles. The van der Waals surface area contributed by atoms with Gasteiger partial charge in [-0.05, 0) is 54.9 Å². The number of rotatable bonds is 6. The van der Waals surface area contributed by atoms with E-state index in [1.54, 1.807) is 7.11 Å². The van der Waals surface area contributed by atoms with Crippen LogP contribution in [-0.2, 0) is 6.61 Å². The van der Waals surface area contributed by atoms with Crippen molar-refractivity contribution < 1.29 is 19.5 Å². The molecule has 0 saturated carbocycles. The van der Waals surface area contributed by atoms with Crippen molar-refractivity contribution in [2.45, 2.75) is 6.61 Å². The molecule has 2 N–H and O–H groups in total. The van der Waals surface area contributed by atoms with E-state index in [1.807, 2.05) is 30.3 Å². The minimum atomic E-state index is 0. The Morgan fingerprint density at radius 3 is 2.34 bits per heavy atom. The van der Waals surface area contributed by atoms with Gasteiger partial charge in [-0.25, -0.2) is 0 Å². The van der Waals surface area contributed by atoms with Crippen molar-refractivity contribution in [2.24, 2.45) is 0 Å². The first kappa shape index (κ1) is 28.2. The maximum Gasteiger partial charge on any atom is 0.258 e. The number of ether oxygens (including phenoxy) is 2. The molecule has 0 spiro atoms. The zero-order valence-electron chi connectivity index (χ0n) is 19.6. The molecule has 10 heteroatoms. The second-order valence-corrected chi connectivity index (χ2v) is 7.98. The Morgan fingerprint density at radius 2 is 1.63 bits per heavy atom. The van der Waals surface area contributed by atoms with Crippen molar-refractivity contribution in [1.82, 2.24) is 15.0 Å². The van der Waals surface area contributed by atoms with E-state index in [0.717, 1.165) is 43.2 Å². The fourth-order valence-electron chi connectivity index (χ4n) is 3.96. The van der Waals surface area contributed by atoms with Crippen molar-refractivity contribution >= 4 is 41.3 Å². The highest BCUT2D eigenvalue weighted by atomic mass is 35.5. The van der Waals surface area contributed by atoms with Gasteiger partial charge in [-0.15, -0.1) is 24.8 Å². The third-order valence-corrected chi connectivity index (χ3v) is 5.85. The van der Waals surface area contributed by atoms with Crippen LogP contribution in [0.2, 0.25) is 0 Å². The molecule has 0 atom stereocenters. The lowest BCUT2D eigenvalue weighted by Crippen LogP contribution is -2.44. The molecule has 35 heavy (non-hydrogen) atoms. The number of hydrogen-bond acceptors (Lipinski definition) is 7. The second kappa shape index (κ2) is 12.6. The smallest absolute Gasteiger partial charge is 0.258 e. The van der Waals surface area contributed by atoms with Crippen LogP contribution in [0.5, 0.6) is 11.5 Å². The van der Waals surface area contributed by atoms with Gasteiger partial charge in [0.15, 0.2) is 6.61 Å². The van der Waals surface area contributed by atoms with Crippen LogP contribution in [0.15, 0.2) is 65.2 Å². The molecule has 0 amide bonds. The van der Waals surface area contributed by atoms with Crippen molar-refractivity contribution in [2.75, 3.05) is 45.2 Å². The minimum Gasteiger partial charge on any atom is -0.497 e. The van der Waals surface area contributed by atoms with Gasteiger partial charge in [0.1, 0.15) is 11.5 Å². The number of nitrogens with zero attached hydrogens (tertiary/aromatic N) is 4. The molecule has 0 bridgehead atoms. The van der Waals surface area contributed by atoms with Gasteiger partial charge in [0, 0.05) is 42.8 Å². The topological polar surface area (TPSA) is 95.4 Å². The van der Waals surface area contributed by atoms with E-state index in [0.29, 0.717) is 11.7 Å². The molecule has 4 aromatic rings. The number of anilines is 1. The molecule has 0 radical (unpaired) electrons. The first-order valence-electron chi connectivity index (χ1n) is 10.8. The van der Waals surface area contributed by atoms with Crippen molar-refractivity contribution in [3.05, 3.63) is 66.5 Å². The Morgan fingerprint density at radius 1 is 0.914 bits per heavy atom. The fourth-order valence-corrected chi connectivity index (χ4v) is 3.96. The van der Waals surface area contributed by atoms with Crippen LogP contribution in [0, 0.1) is 0 Å². The summed E-state index contributed by atoms with van der Waals surface area (Å²) in [6.07, 6.45) is 0. The van der Waals surface area contributed by atoms with Crippen LogP contribution in [0.25, 0.3) is 22.2 Å². The van der Waals surface area contributed by atoms with Crippen LogP contribution in [0.3, 0.4) is 0 Å². The Balaban J connectivity index is 0.00000144. The third kappa shape index (κ3) is 6.35. The van der Waals surface area contributed by atoms with Gasteiger partial charge in [-0.3, -0.25) is 0 Å². The molecule has 1 saturated heterocycles. The van der Waals surface area contributed by atoms with E-state index in [4.69, 9.17) is 14.0 Å². The van der Waals surface area contributed by atoms with E-state index in [9.17, 15) is 0 Å². The fraction of sp³-hybridized carbons (Fsp3) is 0.280. The summed E-state index contributed by atoms with van der Waals surface area (Å²) in [7, 11) is 3.81. The van der Waals surface area contributed by atoms with E-state index in [2.05, 4.69) is 57.3 Å². The average Bonchev–Trinajstić information content (AvgIpc) is 3.32. The van der Waals surface area contributed by atoms with E-state index >= 15 is 0 Å². The molecule has 0 unspecified atom stereocenters. The van der Waals surface area contributed by atoms with E-state index < -0.39 is 0 Å². The van der Waals surface area contributed by atoms with Gasteiger partial charge in [-0.1, -0.05) is 23.4 Å². The maximum atomic E-state index is 6.01. The predicted octanol–water partition coefficient (Wildman–Crippen LogP) is 4.25. The molecular formula is C25H30Cl2N4O4. The van der Waals surface area contributed by atoms with E-state index in [1.165, 1.54) is 16.5 Å². The summed E-state index contributed by atoms with van der Waals surface area (Å²) in [4.78, 5) is 9.27. The minimum absolute atomic E-state index is 0. The van der Waals surface area contributed by atoms with Gasteiger partial charge in [-0.2, -0.15) is 4.98 Å². The molecule has 1 fully saturated rings. The Kier molecular flexibility index (Phi) is 10.2. The lowest BCUT2D eigenvalue weighted by molar-refractivity contribution is 0.287. The van der Waals surface area contributed by atoms with Crippen molar-refractivity contribution in [3.63, 3.8) is 0 Å². The largest absolute Gasteiger partial charge is 0.497 e. The quantitative estimate of drug-likeness (QED) is 0.374. The van der Waals surface area contributed by atoms with E-state index in [-0.39, 0.29) is 36.9 Å². The standard InChI is InChI=1S/C25H26N4O3.2ClH.H2O/c1-28-12-14-29(15-13-28)23-5-3-4-18-6-11-21(16-22(18)23)31-17-24-26-25(32-27-24)19-7-9-20(30-2)10-8-19;;;/h3-11,16H,12-15,17H2,1-2H3;2*1H;1H2. The Labute approximate surface area is 216 Å². The van der Waals surface area contributed by atoms with Gasteiger partial charge in [0.2, 0.25) is 5.82 Å². The number of aromatic nitrogens is 2. The summed E-state index contributed by atoms with van der Waals surface area (Å²) >= 11 is 0. The predicted molar refractivity (Wildman–Crippen MR) is 142 cm³/mol. The highest BCUT2D eigenvalue weighted by Crippen LogP contribution is 2.31. The number of likely N-dealkylation sites (N-methyl/N-ethyl adjacent to an activating group) is 1. The first-order chi connectivity index (χ1) is 15.7. The Hall–Kier alpha value is -3.04. The van der Waals surface area contributed by atoms with Gasteiger partial charge < -0.3 is 29.3 Å². The SMILES string of the molecule is COc1ccc(-c2nc(COc3ccc4cccc(N5CCN(C)CC5)c4c3)no2)cc1.Cl.Cl.O. The third-order valence-electron chi connectivity index (χ3n) is 5.85. The molecular weight excluding hydrogens is 491 g/mol. The molecule has 1 aromatic heterocycles. The van der Waals surface area contributed by atoms with Crippen LogP contribution >= 0.6 is 24.8 Å². The van der Waals surface area contributed by atoms with Crippen LogP contribution in [-0.4, -0.2) is 60.9 Å². The summed E-state index contributed by atoms with van der Waals surface area (Å²) in [5.41, 5.74) is 2.09. The number of methoxy groups -OCH3 is 1. The average molecular weight is 521 g/mol. The lowest BCUT2D eigenvalue weighted by atomic mass is 10.1. The number of piperazine rings is 1. The summed E-state index contributed by atoms with van der Waals surface area (Å²) in [5, 5.41) is 6.46. The van der Waals surface area contributed by atoms with Gasteiger partial charge >= 0.3 is 0 Å². The first-order valence-corrected chi connectivity index (χ1v) is 10.8. The molecule has 5 rings (SSSR count). The molecule has 188 valence electrons. The van der Waals surface area contributed by atoms with Crippen LogP contribution in [0.4, 0.5) is 5.69 Å². The van der Waals surface area contributed by atoms with Gasteiger partial charge in [0.05, 0.1) is 7.11 Å². The highest BCUT2D eigenvalue weighted by molar-refractivity contribution is 5.95. The zero-order valence-corrected chi connectivity index (χ0v) is 21.3. The number of hydrogen-bond donors (Lipinski definition) is 0.